The standard InChI is InChI=1S/C15H24N2.ClH/c1-2-13-3-5-15(6-4-13)12-17-9-7-14(11-16)8-10-17;/h3-6,14H,2,7-12,16H2,1H3;1H. The fourth-order valence-electron chi connectivity index (χ4n) is 2.52. The van der Waals surface area contributed by atoms with Gasteiger partial charge in [-0.1, -0.05) is 31.2 Å². The van der Waals surface area contributed by atoms with Crippen LogP contribution in [0.25, 0.3) is 0 Å². The third-order valence-electron chi connectivity index (χ3n) is 3.88. The van der Waals surface area contributed by atoms with E-state index < -0.39 is 0 Å². The maximum Gasteiger partial charge on any atom is 0.0233 e. The molecule has 1 aromatic rings. The molecule has 0 amide bonds. The average Bonchev–Trinajstić information content (AvgIpc) is 2.40. The maximum atomic E-state index is 5.71. The molecule has 2 N–H and O–H groups in total. The van der Waals surface area contributed by atoms with E-state index in [9.17, 15) is 0 Å². The number of benzene rings is 1. The zero-order valence-electron chi connectivity index (χ0n) is 11.3. The Bertz CT molecular complexity index is 329. The smallest absolute Gasteiger partial charge is 0.0233 e. The normalized spacial score (nSPS) is 17.4. The number of rotatable bonds is 4. The molecule has 0 unspecified atom stereocenters. The first-order valence-electron chi connectivity index (χ1n) is 6.82. The van der Waals surface area contributed by atoms with E-state index in [1.807, 2.05) is 0 Å². The Morgan fingerprint density at radius 2 is 1.67 bits per heavy atom. The van der Waals surface area contributed by atoms with E-state index in [4.69, 9.17) is 5.73 Å². The highest BCUT2D eigenvalue weighted by atomic mass is 35.5. The van der Waals surface area contributed by atoms with Gasteiger partial charge < -0.3 is 5.73 Å². The average molecular weight is 269 g/mol. The van der Waals surface area contributed by atoms with Gasteiger partial charge in [-0.3, -0.25) is 4.90 Å². The van der Waals surface area contributed by atoms with Crippen molar-refractivity contribution in [2.45, 2.75) is 32.7 Å². The minimum absolute atomic E-state index is 0. The van der Waals surface area contributed by atoms with E-state index in [1.54, 1.807) is 0 Å². The predicted molar refractivity (Wildman–Crippen MR) is 80.1 cm³/mol. The fraction of sp³-hybridized carbons (Fsp3) is 0.600. The van der Waals surface area contributed by atoms with E-state index in [1.165, 1.54) is 37.1 Å². The molecule has 0 bridgehead atoms. The molecule has 2 nitrogen and oxygen atoms in total. The Morgan fingerprint density at radius 3 is 2.17 bits per heavy atom. The van der Waals surface area contributed by atoms with Crippen LogP contribution in [0.5, 0.6) is 0 Å². The van der Waals surface area contributed by atoms with Gasteiger partial charge >= 0.3 is 0 Å². The van der Waals surface area contributed by atoms with Gasteiger partial charge in [-0.25, -0.2) is 0 Å². The van der Waals surface area contributed by atoms with Crippen molar-refractivity contribution in [1.29, 1.82) is 0 Å². The first-order chi connectivity index (χ1) is 8.31. The van der Waals surface area contributed by atoms with Crippen LogP contribution in [0.15, 0.2) is 24.3 Å². The lowest BCUT2D eigenvalue weighted by Crippen LogP contribution is -2.35. The minimum Gasteiger partial charge on any atom is -0.330 e. The zero-order chi connectivity index (χ0) is 12.1. The quantitative estimate of drug-likeness (QED) is 0.910. The van der Waals surface area contributed by atoms with E-state index in [0.717, 1.165) is 25.4 Å². The Kier molecular flexibility index (Phi) is 6.69. The van der Waals surface area contributed by atoms with Crippen molar-refractivity contribution in [2.75, 3.05) is 19.6 Å². The molecule has 102 valence electrons. The van der Waals surface area contributed by atoms with Crippen LogP contribution in [0, 0.1) is 5.92 Å². The number of halogens is 1. The van der Waals surface area contributed by atoms with Crippen LogP contribution in [0.2, 0.25) is 0 Å². The summed E-state index contributed by atoms with van der Waals surface area (Å²) in [6.45, 7) is 6.57. The van der Waals surface area contributed by atoms with Crippen LogP contribution in [0.4, 0.5) is 0 Å². The summed E-state index contributed by atoms with van der Waals surface area (Å²) in [5.74, 6) is 0.758. The first kappa shape index (κ1) is 15.5. The van der Waals surface area contributed by atoms with Crippen molar-refractivity contribution in [2.24, 2.45) is 11.7 Å². The minimum atomic E-state index is 0. The fourth-order valence-corrected chi connectivity index (χ4v) is 2.52. The highest BCUT2D eigenvalue weighted by molar-refractivity contribution is 5.85. The second kappa shape index (κ2) is 7.78. The summed E-state index contributed by atoms with van der Waals surface area (Å²) in [5, 5.41) is 0. The lowest BCUT2D eigenvalue weighted by molar-refractivity contribution is 0.180. The van der Waals surface area contributed by atoms with Crippen molar-refractivity contribution in [3.05, 3.63) is 35.4 Å². The summed E-state index contributed by atoms with van der Waals surface area (Å²) in [7, 11) is 0. The molecule has 0 atom stereocenters. The Hall–Kier alpha value is -0.570. The summed E-state index contributed by atoms with van der Waals surface area (Å²) in [6, 6.07) is 9.05. The van der Waals surface area contributed by atoms with Crippen molar-refractivity contribution in [1.82, 2.24) is 4.90 Å². The van der Waals surface area contributed by atoms with Crippen LogP contribution >= 0.6 is 12.4 Å². The molecule has 2 rings (SSSR count). The zero-order valence-corrected chi connectivity index (χ0v) is 12.1. The molecule has 0 aromatic heterocycles. The lowest BCUT2D eigenvalue weighted by atomic mass is 9.97. The highest BCUT2D eigenvalue weighted by Gasteiger charge is 2.17. The molecule has 1 saturated heterocycles. The van der Waals surface area contributed by atoms with E-state index in [-0.39, 0.29) is 12.4 Å². The van der Waals surface area contributed by atoms with Gasteiger partial charge in [0.25, 0.3) is 0 Å². The van der Waals surface area contributed by atoms with Gasteiger partial charge in [0.1, 0.15) is 0 Å². The molecule has 1 aliphatic heterocycles. The SMILES string of the molecule is CCc1ccc(CN2CCC(CN)CC2)cc1.Cl. The number of likely N-dealkylation sites (tertiary alicyclic amines) is 1. The van der Waals surface area contributed by atoms with Crippen LogP contribution < -0.4 is 5.73 Å². The molecule has 0 spiro atoms. The number of aryl methyl sites for hydroxylation is 1. The van der Waals surface area contributed by atoms with Crippen molar-refractivity contribution in [3.8, 4) is 0 Å². The van der Waals surface area contributed by atoms with Crippen molar-refractivity contribution in [3.63, 3.8) is 0 Å². The predicted octanol–water partition coefficient (Wildman–Crippen LogP) is 2.84. The molecule has 0 saturated carbocycles. The third kappa shape index (κ3) is 4.27. The molecule has 0 aliphatic carbocycles. The Morgan fingerprint density at radius 1 is 1.11 bits per heavy atom. The lowest BCUT2D eigenvalue weighted by Gasteiger charge is -2.31. The van der Waals surface area contributed by atoms with E-state index in [0.29, 0.717) is 0 Å². The molecule has 1 aliphatic rings. The molecule has 1 aromatic carbocycles. The van der Waals surface area contributed by atoms with Crippen LogP contribution in [-0.4, -0.2) is 24.5 Å². The Labute approximate surface area is 117 Å². The summed E-state index contributed by atoms with van der Waals surface area (Å²) in [4.78, 5) is 2.55. The van der Waals surface area contributed by atoms with Gasteiger partial charge in [-0.15, -0.1) is 12.4 Å². The number of hydrogen-bond donors (Lipinski definition) is 1. The summed E-state index contributed by atoms with van der Waals surface area (Å²) in [6.07, 6.45) is 3.66. The molecule has 18 heavy (non-hydrogen) atoms. The molecule has 1 fully saturated rings. The topological polar surface area (TPSA) is 29.3 Å². The van der Waals surface area contributed by atoms with Crippen molar-refractivity contribution >= 4 is 12.4 Å². The molecular weight excluding hydrogens is 244 g/mol. The maximum absolute atomic E-state index is 5.71. The van der Waals surface area contributed by atoms with E-state index >= 15 is 0 Å². The van der Waals surface area contributed by atoms with Gasteiger partial charge in [0.05, 0.1) is 0 Å². The molecular formula is C15H25ClN2. The van der Waals surface area contributed by atoms with Gasteiger partial charge in [0.15, 0.2) is 0 Å². The monoisotopic (exact) mass is 268 g/mol. The summed E-state index contributed by atoms with van der Waals surface area (Å²) in [5.41, 5.74) is 8.58. The second-order valence-electron chi connectivity index (χ2n) is 5.13. The molecule has 0 radical (unpaired) electrons. The van der Waals surface area contributed by atoms with Crippen LogP contribution in [0.3, 0.4) is 0 Å². The highest BCUT2D eigenvalue weighted by Crippen LogP contribution is 2.18. The first-order valence-corrected chi connectivity index (χ1v) is 6.82. The van der Waals surface area contributed by atoms with Gasteiger partial charge in [-0.05, 0) is 55.9 Å². The Balaban J connectivity index is 0.00000162. The summed E-state index contributed by atoms with van der Waals surface area (Å²) < 4.78 is 0. The summed E-state index contributed by atoms with van der Waals surface area (Å²) >= 11 is 0. The van der Waals surface area contributed by atoms with Gasteiger partial charge in [-0.2, -0.15) is 0 Å². The largest absolute Gasteiger partial charge is 0.330 e. The van der Waals surface area contributed by atoms with Crippen LogP contribution in [0.1, 0.15) is 30.9 Å². The van der Waals surface area contributed by atoms with Gasteiger partial charge in [0.2, 0.25) is 0 Å². The number of hydrogen-bond acceptors (Lipinski definition) is 2. The molecule has 1 heterocycles. The molecule has 3 heteroatoms. The van der Waals surface area contributed by atoms with E-state index in [2.05, 4.69) is 36.1 Å². The number of piperidine rings is 1. The van der Waals surface area contributed by atoms with Crippen LogP contribution in [-0.2, 0) is 13.0 Å². The second-order valence-corrected chi connectivity index (χ2v) is 5.13. The number of nitrogens with zero attached hydrogens (tertiary/aromatic N) is 1. The van der Waals surface area contributed by atoms with Crippen molar-refractivity contribution < 1.29 is 0 Å². The van der Waals surface area contributed by atoms with Gasteiger partial charge in [0, 0.05) is 6.54 Å². The third-order valence-corrected chi connectivity index (χ3v) is 3.88. The number of nitrogens with two attached hydrogens (primary N) is 1.